The highest BCUT2D eigenvalue weighted by atomic mass is 33.1. The van der Waals surface area contributed by atoms with Gasteiger partial charge in [0.05, 0.1) is 13.2 Å². The van der Waals surface area contributed by atoms with Gasteiger partial charge in [0.15, 0.2) is 6.21 Å². The van der Waals surface area contributed by atoms with Crippen LogP contribution in [0.5, 0.6) is 0 Å². The average Bonchev–Trinajstić information content (AvgIpc) is 3.13. The topological polar surface area (TPSA) is 65.3 Å². The molecule has 10 heteroatoms. The van der Waals surface area contributed by atoms with Crippen LogP contribution in [0.2, 0.25) is 0 Å². The van der Waals surface area contributed by atoms with Gasteiger partial charge in [0.2, 0.25) is 0 Å². The van der Waals surface area contributed by atoms with E-state index in [9.17, 15) is 9.59 Å². The third-order valence-corrected chi connectivity index (χ3v) is 10.4. The molecule has 0 aliphatic carbocycles. The van der Waals surface area contributed by atoms with Gasteiger partial charge < -0.3 is 24.2 Å². The molecule has 0 amide bonds. The second kappa shape index (κ2) is 21.2. The van der Waals surface area contributed by atoms with Gasteiger partial charge in [-0.3, -0.25) is 9.59 Å². The van der Waals surface area contributed by atoms with Crippen molar-refractivity contribution in [2.45, 2.75) is 19.3 Å². The zero-order chi connectivity index (χ0) is 35.6. The van der Waals surface area contributed by atoms with Crippen LogP contribution in [0.15, 0.2) is 96.3 Å². The molecule has 2 aromatic rings. The van der Waals surface area contributed by atoms with Gasteiger partial charge in [0.25, 0.3) is 0 Å². The van der Waals surface area contributed by atoms with Crippen LogP contribution in [0, 0.1) is 0 Å². The Morgan fingerprint density at radius 2 is 1.36 bits per heavy atom. The van der Waals surface area contributed by atoms with Crippen molar-refractivity contribution in [1.82, 2.24) is 4.90 Å². The van der Waals surface area contributed by atoms with E-state index in [-0.39, 0.29) is 23.4 Å². The minimum Gasteiger partial charge on any atom is -0.465 e. The second-order valence-electron chi connectivity index (χ2n) is 12.4. The molecule has 0 saturated carbocycles. The Balaban J connectivity index is 0.992. The zero-order valence-corrected chi connectivity index (χ0v) is 31.5. The van der Waals surface area contributed by atoms with Crippen molar-refractivity contribution in [2.24, 2.45) is 0 Å². The predicted molar refractivity (Wildman–Crippen MR) is 213 cm³/mol. The highest BCUT2D eigenvalue weighted by Gasteiger charge is 2.09. The molecule has 8 nitrogen and oxygen atoms in total. The van der Waals surface area contributed by atoms with Crippen LogP contribution < -0.4 is 9.80 Å². The number of anilines is 2. The number of nitrogens with zero attached hydrogens (tertiary/aromatic N) is 4. The number of benzene rings is 2. The van der Waals surface area contributed by atoms with Crippen molar-refractivity contribution < 1.29 is 23.6 Å². The van der Waals surface area contributed by atoms with Crippen molar-refractivity contribution in [1.29, 1.82) is 0 Å². The summed E-state index contributed by atoms with van der Waals surface area (Å²) >= 11 is 0. The Labute approximate surface area is 306 Å². The smallest absolute Gasteiger partial charge is 0.316 e. The van der Waals surface area contributed by atoms with E-state index in [4.69, 9.17) is 9.47 Å². The second-order valence-corrected chi connectivity index (χ2v) is 14.9. The summed E-state index contributed by atoms with van der Waals surface area (Å²) in [5.74, 6) is -0.157. The third kappa shape index (κ3) is 14.4. The molecule has 2 heterocycles. The van der Waals surface area contributed by atoms with Crippen molar-refractivity contribution in [3.05, 3.63) is 107 Å². The average molecular weight is 716 g/mol. The number of allylic oxidation sites excluding steroid dienone is 5. The fourth-order valence-electron chi connectivity index (χ4n) is 5.11. The zero-order valence-electron chi connectivity index (χ0n) is 29.8. The summed E-state index contributed by atoms with van der Waals surface area (Å²) in [5.41, 5.74) is 7.12. The fraction of sp³-hybridized carbons (Fsp3) is 0.375. The molecule has 50 heavy (non-hydrogen) atoms. The van der Waals surface area contributed by atoms with Gasteiger partial charge >= 0.3 is 11.9 Å². The first kappa shape index (κ1) is 38.6. The van der Waals surface area contributed by atoms with Gasteiger partial charge in [-0.2, -0.15) is 0 Å². The highest BCUT2D eigenvalue weighted by Crippen LogP contribution is 2.22. The number of ether oxygens (including phenoxy) is 2. The molecule has 2 aromatic carbocycles. The highest BCUT2D eigenvalue weighted by molar-refractivity contribution is 8.77. The Morgan fingerprint density at radius 3 is 1.84 bits per heavy atom. The molecule has 0 unspecified atom stereocenters. The van der Waals surface area contributed by atoms with E-state index < -0.39 is 0 Å². The molecule has 0 radical (unpaired) electrons. The standard InChI is InChI=1S/C40H51N4O4S2/c1-41-25-19-35(20-26-41)9-7-33-11-15-37(16-12-33)43(3)23-5-29-47-39(45)31-49-50-32-40(46)48-30-6-24-44(4)38-17-13-34(14-18-38)8-10-36-21-27-42(2)28-22-36/h7-21,25,27H,5-6,22-24,26,28-32H2,1-4H3/q+1/b9-7+. The van der Waals surface area contributed by atoms with Gasteiger partial charge in [-0.25, -0.2) is 4.58 Å². The molecule has 0 atom stereocenters. The quantitative estimate of drug-likeness (QED) is 0.0665. The number of carbonyl (C=O) groups excluding carboxylic acids is 2. The van der Waals surface area contributed by atoms with Crippen LogP contribution in [0.3, 0.4) is 0 Å². The fourth-order valence-corrected chi connectivity index (χ4v) is 6.72. The monoisotopic (exact) mass is 715 g/mol. The minimum absolute atomic E-state index is 0.194. The summed E-state index contributed by atoms with van der Waals surface area (Å²) in [4.78, 5) is 30.7. The molecule has 0 bridgehead atoms. The van der Waals surface area contributed by atoms with E-state index >= 15 is 0 Å². The Kier molecular flexibility index (Phi) is 16.4. The van der Waals surface area contributed by atoms with E-state index in [2.05, 4.69) is 137 Å². The molecule has 0 saturated heterocycles. The lowest BCUT2D eigenvalue weighted by atomic mass is 10.1. The minimum atomic E-state index is -0.274. The maximum Gasteiger partial charge on any atom is 0.316 e. The molecule has 4 rings (SSSR count). The molecule has 0 N–H and O–H groups in total. The maximum absolute atomic E-state index is 12.1. The number of rotatable bonds is 19. The first-order chi connectivity index (χ1) is 24.2. The van der Waals surface area contributed by atoms with Crippen LogP contribution in [0.4, 0.5) is 11.4 Å². The van der Waals surface area contributed by atoms with E-state index in [0.29, 0.717) is 13.2 Å². The van der Waals surface area contributed by atoms with Crippen molar-refractivity contribution in [3.63, 3.8) is 0 Å². The van der Waals surface area contributed by atoms with Gasteiger partial charge in [0, 0.05) is 64.6 Å². The van der Waals surface area contributed by atoms with Crippen molar-refractivity contribution in [3.8, 4) is 0 Å². The maximum atomic E-state index is 12.1. The van der Waals surface area contributed by atoms with Gasteiger partial charge in [-0.15, -0.1) is 0 Å². The van der Waals surface area contributed by atoms with Gasteiger partial charge in [-0.1, -0.05) is 76.2 Å². The van der Waals surface area contributed by atoms with Crippen LogP contribution in [0.25, 0.3) is 12.2 Å². The van der Waals surface area contributed by atoms with E-state index in [0.717, 1.165) is 62.4 Å². The lowest BCUT2D eigenvalue weighted by Crippen LogP contribution is -2.21. The lowest BCUT2D eigenvalue weighted by Gasteiger charge is -2.19. The predicted octanol–water partition coefficient (Wildman–Crippen LogP) is 6.96. The molecular weight excluding hydrogens is 665 g/mol. The molecular formula is C40H51N4O4S2+. The van der Waals surface area contributed by atoms with Crippen LogP contribution in [0.1, 0.15) is 30.4 Å². The van der Waals surface area contributed by atoms with Gasteiger partial charge in [-0.05, 0) is 71.7 Å². The first-order valence-corrected chi connectivity index (χ1v) is 19.6. The molecule has 266 valence electrons. The van der Waals surface area contributed by atoms with E-state index in [1.165, 1.54) is 38.3 Å². The Bertz CT molecular complexity index is 1580. The van der Waals surface area contributed by atoms with Crippen LogP contribution >= 0.6 is 21.6 Å². The van der Waals surface area contributed by atoms with Crippen LogP contribution in [-0.4, -0.2) is 107 Å². The van der Waals surface area contributed by atoms with E-state index in [1.54, 1.807) is 0 Å². The summed E-state index contributed by atoms with van der Waals surface area (Å²) in [6.07, 6.45) is 21.8. The van der Waals surface area contributed by atoms with Crippen LogP contribution in [-0.2, 0) is 19.1 Å². The summed E-state index contributed by atoms with van der Waals surface area (Å²) in [6.45, 7) is 4.26. The molecule has 0 spiro atoms. The number of likely N-dealkylation sites (N-methyl/N-ethyl adjacent to an activating group) is 1. The SMILES string of the molecule is CN1C=CC(/C=C/c2ccc(N(C)CCCOC(=O)CSSCC(=O)OCCCN(C)c3ccc(/C=C/C4=CC=[N+](C)CC4)cc3)cc2)=CC1. The number of esters is 2. The number of carbonyl (C=O) groups is 2. The summed E-state index contributed by atoms with van der Waals surface area (Å²) in [7, 11) is 10.9. The summed E-state index contributed by atoms with van der Waals surface area (Å²) < 4.78 is 13.0. The van der Waals surface area contributed by atoms with E-state index in [1.807, 2.05) is 14.1 Å². The Hall–Kier alpha value is -4.15. The lowest BCUT2D eigenvalue weighted by molar-refractivity contribution is -0.492. The largest absolute Gasteiger partial charge is 0.465 e. The molecule has 2 aliphatic heterocycles. The third-order valence-electron chi connectivity index (χ3n) is 8.30. The number of hydrogen-bond donors (Lipinski definition) is 0. The van der Waals surface area contributed by atoms with Crippen molar-refractivity contribution in [2.75, 3.05) is 88.9 Å². The summed E-state index contributed by atoms with van der Waals surface area (Å²) in [5, 5.41) is 0. The number of hydrogen-bond acceptors (Lipinski definition) is 9. The normalized spacial score (nSPS) is 14.4. The molecule has 2 aliphatic rings. The first-order valence-electron chi connectivity index (χ1n) is 17.1. The Morgan fingerprint density at radius 1 is 0.820 bits per heavy atom. The van der Waals surface area contributed by atoms with Crippen molar-refractivity contribution >= 4 is 63.3 Å². The summed E-state index contributed by atoms with van der Waals surface area (Å²) in [6, 6.07) is 16.9. The molecule has 0 aromatic heterocycles. The molecule has 0 fully saturated rings. The van der Waals surface area contributed by atoms with Gasteiger partial charge in [0.1, 0.15) is 25.1 Å².